The Bertz CT molecular complexity index is 290. The zero-order chi connectivity index (χ0) is 14.1. The number of nitrogens with two attached hydrogens (primary N) is 1. The third-order valence-electron chi connectivity index (χ3n) is 4.67. The van der Waals surface area contributed by atoms with Gasteiger partial charge in [0.05, 0.1) is 11.2 Å². The predicted octanol–water partition coefficient (Wildman–Crippen LogP) is 2.79. The highest BCUT2D eigenvalue weighted by Crippen LogP contribution is 2.38. The van der Waals surface area contributed by atoms with E-state index in [1.807, 2.05) is 0 Å². The SMILES string of the molecule is CC1(C)CN(CC2(CN)CCCCC2)CC(C)(C)O1. The number of hydrogen-bond donors (Lipinski definition) is 1. The fourth-order valence-electron chi connectivity index (χ4n) is 4.26. The van der Waals surface area contributed by atoms with Crippen LogP contribution >= 0.6 is 0 Å². The fourth-order valence-corrected chi connectivity index (χ4v) is 4.26. The molecule has 112 valence electrons. The maximum absolute atomic E-state index is 6.17. The second-order valence-corrected chi connectivity index (χ2v) is 8.03. The van der Waals surface area contributed by atoms with Crippen LogP contribution in [0, 0.1) is 5.41 Å². The van der Waals surface area contributed by atoms with Crippen LogP contribution in [-0.2, 0) is 4.74 Å². The Balaban J connectivity index is 2.04. The highest BCUT2D eigenvalue weighted by atomic mass is 16.5. The van der Waals surface area contributed by atoms with Gasteiger partial charge in [0.2, 0.25) is 0 Å². The van der Waals surface area contributed by atoms with E-state index in [0.717, 1.165) is 26.2 Å². The molecule has 19 heavy (non-hydrogen) atoms. The molecule has 2 aliphatic rings. The molecule has 1 saturated heterocycles. The van der Waals surface area contributed by atoms with Gasteiger partial charge in [-0.05, 0) is 52.5 Å². The van der Waals surface area contributed by atoms with E-state index < -0.39 is 0 Å². The average molecular weight is 268 g/mol. The lowest BCUT2D eigenvalue weighted by Gasteiger charge is -2.50. The van der Waals surface area contributed by atoms with Crippen molar-refractivity contribution in [1.29, 1.82) is 0 Å². The van der Waals surface area contributed by atoms with Crippen LogP contribution in [0.2, 0.25) is 0 Å². The molecule has 0 aromatic rings. The molecule has 0 unspecified atom stereocenters. The number of hydrogen-bond acceptors (Lipinski definition) is 3. The molecule has 1 aliphatic heterocycles. The number of morpholine rings is 1. The van der Waals surface area contributed by atoms with E-state index in [4.69, 9.17) is 10.5 Å². The highest BCUT2D eigenvalue weighted by molar-refractivity contribution is 4.94. The van der Waals surface area contributed by atoms with Crippen molar-refractivity contribution < 1.29 is 4.74 Å². The van der Waals surface area contributed by atoms with Crippen molar-refractivity contribution in [1.82, 2.24) is 4.90 Å². The van der Waals surface area contributed by atoms with Crippen LogP contribution in [-0.4, -0.2) is 42.3 Å². The van der Waals surface area contributed by atoms with E-state index in [2.05, 4.69) is 32.6 Å². The molecular formula is C16H32N2O. The molecule has 0 bridgehead atoms. The minimum atomic E-state index is -0.0494. The van der Waals surface area contributed by atoms with E-state index in [0.29, 0.717) is 5.41 Å². The van der Waals surface area contributed by atoms with Gasteiger partial charge >= 0.3 is 0 Å². The first-order chi connectivity index (χ1) is 8.76. The Labute approximate surface area is 118 Å². The standard InChI is InChI=1S/C16H32N2O/c1-14(2)11-18(12-15(3,4)19-14)13-16(10-17)8-6-5-7-9-16/h5-13,17H2,1-4H3. The zero-order valence-electron chi connectivity index (χ0n) is 13.3. The monoisotopic (exact) mass is 268 g/mol. The number of rotatable bonds is 3. The van der Waals surface area contributed by atoms with Crippen LogP contribution in [0.15, 0.2) is 0 Å². The molecule has 0 aromatic heterocycles. The molecule has 1 saturated carbocycles. The lowest BCUT2D eigenvalue weighted by atomic mass is 9.73. The Morgan fingerprint density at radius 3 is 1.95 bits per heavy atom. The van der Waals surface area contributed by atoms with Crippen molar-refractivity contribution in [3.05, 3.63) is 0 Å². The van der Waals surface area contributed by atoms with Crippen molar-refractivity contribution >= 4 is 0 Å². The molecule has 0 aromatic carbocycles. The average Bonchev–Trinajstić information content (AvgIpc) is 2.25. The van der Waals surface area contributed by atoms with Gasteiger partial charge in [-0.25, -0.2) is 0 Å². The lowest BCUT2D eigenvalue weighted by molar-refractivity contribution is -0.185. The van der Waals surface area contributed by atoms with Crippen LogP contribution in [0.1, 0.15) is 59.8 Å². The van der Waals surface area contributed by atoms with Crippen LogP contribution in [0.4, 0.5) is 0 Å². The van der Waals surface area contributed by atoms with Gasteiger partial charge in [0.25, 0.3) is 0 Å². The van der Waals surface area contributed by atoms with Crippen molar-refractivity contribution in [3.63, 3.8) is 0 Å². The summed E-state index contributed by atoms with van der Waals surface area (Å²) >= 11 is 0. The maximum atomic E-state index is 6.17. The van der Waals surface area contributed by atoms with Gasteiger partial charge in [0.15, 0.2) is 0 Å². The zero-order valence-corrected chi connectivity index (χ0v) is 13.3. The number of nitrogens with zero attached hydrogens (tertiary/aromatic N) is 1. The summed E-state index contributed by atoms with van der Waals surface area (Å²) in [5, 5.41) is 0. The summed E-state index contributed by atoms with van der Waals surface area (Å²) < 4.78 is 6.17. The Hall–Kier alpha value is -0.120. The first-order valence-corrected chi connectivity index (χ1v) is 7.89. The Kier molecular flexibility index (Phi) is 4.29. The van der Waals surface area contributed by atoms with E-state index >= 15 is 0 Å². The van der Waals surface area contributed by atoms with Gasteiger partial charge in [0, 0.05) is 19.6 Å². The summed E-state index contributed by atoms with van der Waals surface area (Å²) in [6, 6.07) is 0. The van der Waals surface area contributed by atoms with Gasteiger partial charge < -0.3 is 10.5 Å². The van der Waals surface area contributed by atoms with Gasteiger partial charge in [-0.1, -0.05) is 19.3 Å². The topological polar surface area (TPSA) is 38.5 Å². The molecule has 2 N–H and O–H groups in total. The third-order valence-corrected chi connectivity index (χ3v) is 4.67. The normalized spacial score (nSPS) is 30.2. The minimum absolute atomic E-state index is 0.0494. The summed E-state index contributed by atoms with van der Waals surface area (Å²) in [7, 11) is 0. The first-order valence-electron chi connectivity index (χ1n) is 7.89. The largest absolute Gasteiger partial charge is 0.367 e. The van der Waals surface area contributed by atoms with Crippen LogP contribution in [0.3, 0.4) is 0 Å². The fraction of sp³-hybridized carbons (Fsp3) is 1.00. The van der Waals surface area contributed by atoms with Gasteiger partial charge in [-0.2, -0.15) is 0 Å². The van der Waals surface area contributed by atoms with Gasteiger partial charge in [-0.3, -0.25) is 4.90 Å². The molecule has 3 heteroatoms. The Morgan fingerprint density at radius 1 is 0.947 bits per heavy atom. The molecule has 1 aliphatic carbocycles. The molecule has 2 rings (SSSR count). The minimum Gasteiger partial charge on any atom is -0.367 e. The van der Waals surface area contributed by atoms with E-state index in [1.54, 1.807) is 0 Å². The van der Waals surface area contributed by atoms with E-state index in [-0.39, 0.29) is 11.2 Å². The maximum Gasteiger partial charge on any atom is 0.0760 e. The highest BCUT2D eigenvalue weighted by Gasteiger charge is 2.41. The van der Waals surface area contributed by atoms with Crippen molar-refractivity contribution in [2.24, 2.45) is 11.1 Å². The number of ether oxygens (including phenoxy) is 1. The van der Waals surface area contributed by atoms with Crippen LogP contribution in [0.25, 0.3) is 0 Å². The molecule has 0 amide bonds. The quantitative estimate of drug-likeness (QED) is 0.855. The van der Waals surface area contributed by atoms with Crippen molar-refractivity contribution in [2.75, 3.05) is 26.2 Å². The van der Waals surface area contributed by atoms with Crippen LogP contribution in [0.5, 0.6) is 0 Å². The second-order valence-electron chi connectivity index (χ2n) is 8.03. The predicted molar refractivity (Wildman–Crippen MR) is 80.3 cm³/mol. The smallest absolute Gasteiger partial charge is 0.0760 e. The molecule has 0 radical (unpaired) electrons. The third kappa shape index (κ3) is 3.93. The van der Waals surface area contributed by atoms with Crippen molar-refractivity contribution in [2.45, 2.75) is 71.0 Å². The molecule has 0 spiro atoms. The summed E-state index contributed by atoms with van der Waals surface area (Å²) in [4.78, 5) is 2.60. The molecule has 1 heterocycles. The second kappa shape index (κ2) is 5.34. The summed E-state index contributed by atoms with van der Waals surface area (Å²) in [5.41, 5.74) is 6.40. The van der Waals surface area contributed by atoms with E-state index in [1.165, 1.54) is 32.1 Å². The summed E-state index contributed by atoms with van der Waals surface area (Å²) in [6.07, 6.45) is 6.72. The molecular weight excluding hydrogens is 236 g/mol. The van der Waals surface area contributed by atoms with E-state index in [9.17, 15) is 0 Å². The molecule has 0 atom stereocenters. The van der Waals surface area contributed by atoms with Crippen molar-refractivity contribution in [3.8, 4) is 0 Å². The summed E-state index contributed by atoms with van der Waals surface area (Å²) in [6.45, 7) is 12.9. The Morgan fingerprint density at radius 2 is 1.47 bits per heavy atom. The summed E-state index contributed by atoms with van der Waals surface area (Å²) in [5.74, 6) is 0. The molecule has 2 fully saturated rings. The first kappa shape index (κ1) is 15.3. The molecule has 3 nitrogen and oxygen atoms in total. The van der Waals surface area contributed by atoms with Gasteiger partial charge in [-0.15, -0.1) is 0 Å². The van der Waals surface area contributed by atoms with Gasteiger partial charge in [0.1, 0.15) is 0 Å². The van der Waals surface area contributed by atoms with Crippen LogP contribution < -0.4 is 5.73 Å². The lowest BCUT2D eigenvalue weighted by Crippen LogP contribution is -2.59.